The van der Waals surface area contributed by atoms with Gasteiger partial charge in [0, 0.05) is 32.0 Å². The van der Waals surface area contributed by atoms with Gasteiger partial charge in [-0.2, -0.15) is 0 Å². The van der Waals surface area contributed by atoms with E-state index < -0.39 is 0 Å². The normalized spacial score (nSPS) is 21.6. The maximum absolute atomic E-state index is 12.1. The second-order valence-electron chi connectivity index (χ2n) is 5.05. The highest BCUT2D eigenvalue weighted by molar-refractivity contribution is 5.78. The van der Waals surface area contributed by atoms with Crippen molar-refractivity contribution < 1.29 is 4.79 Å². The summed E-state index contributed by atoms with van der Waals surface area (Å²) in [6.45, 7) is 2.84. The number of nitrogens with zero attached hydrogens (tertiary/aromatic N) is 4. The standard InChI is InChI=1S/C12H21N5O/c1-15(2)9-11(18)17-7-6-16(3)10(8-17)12-13-4-5-14-12/h4-5,10H,6-9H2,1-3H3,(H,13,14)/t10-/m0/s1. The fraction of sp³-hybridized carbons (Fsp3) is 0.667. The van der Waals surface area contributed by atoms with Crippen LogP contribution in [-0.4, -0.2) is 77.9 Å². The van der Waals surface area contributed by atoms with Gasteiger partial charge in [0.2, 0.25) is 5.91 Å². The molecule has 1 atom stereocenters. The molecule has 0 saturated carbocycles. The fourth-order valence-corrected chi connectivity index (χ4v) is 2.23. The Labute approximate surface area is 108 Å². The minimum absolute atomic E-state index is 0.167. The number of H-pyrrole nitrogens is 1. The Hall–Kier alpha value is -1.40. The molecular formula is C12H21N5O. The largest absolute Gasteiger partial charge is 0.347 e. The zero-order valence-electron chi connectivity index (χ0n) is 11.3. The van der Waals surface area contributed by atoms with Crippen LogP contribution in [0.15, 0.2) is 12.4 Å². The van der Waals surface area contributed by atoms with Gasteiger partial charge in [-0.3, -0.25) is 9.69 Å². The maximum atomic E-state index is 12.1. The third-order valence-electron chi connectivity index (χ3n) is 3.29. The van der Waals surface area contributed by atoms with Crippen molar-refractivity contribution in [2.75, 3.05) is 47.3 Å². The third kappa shape index (κ3) is 2.88. The molecule has 0 radical (unpaired) electrons. The number of carbonyl (C=O) groups excluding carboxylic acids is 1. The van der Waals surface area contributed by atoms with E-state index in [1.54, 1.807) is 6.20 Å². The molecule has 6 nitrogen and oxygen atoms in total. The second kappa shape index (κ2) is 5.49. The summed E-state index contributed by atoms with van der Waals surface area (Å²) in [5.41, 5.74) is 0. The fourth-order valence-electron chi connectivity index (χ4n) is 2.23. The minimum atomic E-state index is 0.167. The highest BCUT2D eigenvalue weighted by atomic mass is 16.2. The second-order valence-corrected chi connectivity index (χ2v) is 5.05. The van der Waals surface area contributed by atoms with E-state index in [0.29, 0.717) is 13.1 Å². The van der Waals surface area contributed by atoms with E-state index in [9.17, 15) is 4.79 Å². The molecule has 0 bridgehead atoms. The van der Waals surface area contributed by atoms with Crippen molar-refractivity contribution in [3.05, 3.63) is 18.2 Å². The molecule has 18 heavy (non-hydrogen) atoms. The minimum Gasteiger partial charge on any atom is -0.347 e. The quantitative estimate of drug-likeness (QED) is 0.807. The topological polar surface area (TPSA) is 55.5 Å². The first-order valence-corrected chi connectivity index (χ1v) is 6.20. The van der Waals surface area contributed by atoms with Crippen LogP contribution in [0.1, 0.15) is 11.9 Å². The lowest BCUT2D eigenvalue weighted by Gasteiger charge is -2.38. The summed E-state index contributed by atoms with van der Waals surface area (Å²) in [5.74, 6) is 1.12. The van der Waals surface area contributed by atoms with Crippen LogP contribution in [0.3, 0.4) is 0 Å². The summed E-state index contributed by atoms with van der Waals surface area (Å²) in [5, 5.41) is 0. The van der Waals surface area contributed by atoms with Crippen LogP contribution >= 0.6 is 0 Å². The highest BCUT2D eigenvalue weighted by Gasteiger charge is 2.29. The number of piperazine rings is 1. The SMILES string of the molecule is CN(C)CC(=O)N1CCN(C)[C@H](c2ncc[nH]2)C1. The number of nitrogens with one attached hydrogen (secondary N) is 1. The number of hydrogen-bond acceptors (Lipinski definition) is 4. The lowest BCUT2D eigenvalue weighted by Crippen LogP contribution is -2.51. The van der Waals surface area contributed by atoms with Crippen molar-refractivity contribution >= 4 is 5.91 Å². The van der Waals surface area contributed by atoms with Gasteiger partial charge < -0.3 is 14.8 Å². The number of hydrogen-bond donors (Lipinski definition) is 1. The highest BCUT2D eigenvalue weighted by Crippen LogP contribution is 2.20. The molecule has 0 unspecified atom stereocenters. The van der Waals surface area contributed by atoms with Gasteiger partial charge in [0.15, 0.2) is 0 Å². The van der Waals surface area contributed by atoms with Crippen LogP contribution < -0.4 is 0 Å². The smallest absolute Gasteiger partial charge is 0.236 e. The Morgan fingerprint density at radius 2 is 2.33 bits per heavy atom. The van der Waals surface area contributed by atoms with Crippen LogP contribution in [0.2, 0.25) is 0 Å². The molecule has 2 rings (SSSR count). The molecule has 1 aromatic rings. The Morgan fingerprint density at radius 1 is 1.56 bits per heavy atom. The first-order valence-electron chi connectivity index (χ1n) is 6.20. The molecule has 1 aromatic heterocycles. The molecular weight excluding hydrogens is 230 g/mol. The zero-order chi connectivity index (χ0) is 13.1. The summed E-state index contributed by atoms with van der Waals surface area (Å²) in [4.78, 5) is 25.6. The number of amides is 1. The van der Waals surface area contributed by atoms with Gasteiger partial charge in [-0.1, -0.05) is 0 Å². The molecule has 6 heteroatoms. The Kier molecular flexibility index (Phi) is 3.98. The number of carbonyl (C=O) groups is 1. The molecule has 1 saturated heterocycles. The van der Waals surface area contributed by atoms with Crippen LogP contribution in [0.25, 0.3) is 0 Å². The molecule has 0 spiro atoms. The van der Waals surface area contributed by atoms with E-state index in [1.165, 1.54) is 0 Å². The average molecular weight is 251 g/mol. The summed E-state index contributed by atoms with van der Waals surface area (Å²) in [6.07, 6.45) is 3.58. The van der Waals surface area contributed by atoms with E-state index in [1.807, 2.05) is 30.1 Å². The molecule has 1 amide bonds. The van der Waals surface area contributed by atoms with Gasteiger partial charge in [0.25, 0.3) is 0 Å². The van der Waals surface area contributed by atoms with Crippen molar-refractivity contribution in [2.24, 2.45) is 0 Å². The predicted octanol–water partition coefficient (Wildman–Crippen LogP) is -0.214. The number of rotatable bonds is 3. The molecule has 1 fully saturated rings. The third-order valence-corrected chi connectivity index (χ3v) is 3.29. The molecule has 100 valence electrons. The molecule has 2 heterocycles. The van der Waals surface area contributed by atoms with Gasteiger partial charge in [-0.15, -0.1) is 0 Å². The zero-order valence-corrected chi connectivity index (χ0v) is 11.3. The van der Waals surface area contributed by atoms with Gasteiger partial charge in [-0.05, 0) is 21.1 Å². The van der Waals surface area contributed by atoms with Crippen molar-refractivity contribution in [2.45, 2.75) is 6.04 Å². The van der Waals surface area contributed by atoms with Crippen LogP contribution in [0.4, 0.5) is 0 Å². The first-order chi connectivity index (χ1) is 8.58. The van der Waals surface area contributed by atoms with Crippen LogP contribution in [-0.2, 0) is 4.79 Å². The summed E-state index contributed by atoms with van der Waals surface area (Å²) < 4.78 is 0. The van der Waals surface area contributed by atoms with E-state index in [4.69, 9.17) is 0 Å². The Morgan fingerprint density at radius 3 is 2.94 bits per heavy atom. The molecule has 1 aliphatic rings. The first kappa shape index (κ1) is 13.0. The number of aromatic amines is 1. The van der Waals surface area contributed by atoms with E-state index >= 15 is 0 Å². The predicted molar refractivity (Wildman–Crippen MR) is 69.1 cm³/mol. The van der Waals surface area contributed by atoms with Gasteiger partial charge in [0.05, 0.1) is 12.6 Å². The number of likely N-dealkylation sites (N-methyl/N-ethyl adjacent to an activating group) is 2. The van der Waals surface area contributed by atoms with E-state index in [0.717, 1.165) is 18.9 Å². The molecule has 1 aliphatic heterocycles. The van der Waals surface area contributed by atoms with Crippen LogP contribution in [0.5, 0.6) is 0 Å². The van der Waals surface area contributed by atoms with Crippen LogP contribution in [0, 0.1) is 0 Å². The van der Waals surface area contributed by atoms with E-state index in [-0.39, 0.29) is 11.9 Å². The average Bonchev–Trinajstić information content (AvgIpc) is 2.82. The molecule has 0 aromatic carbocycles. The van der Waals surface area contributed by atoms with Crippen molar-refractivity contribution in [1.82, 2.24) is 24.7 Å². The van der Waals surface area contributed by atoms with Crippen molar-refractivity contribution in [3.63, 3.8) is 0 Å². The molecule has 0 aliphatic carbocycles. The van der Waals surface area contributed by atoms with Crippen molar-refractivity contribution in [3.8, 4) is 0 Å². The summed E-state index contributed by atoms with van der Waals surface area (Å²) in [6, 6.07) is 0.167. The van der Waals surface area contributed by atoms with E-state index in [2.05, 4.69) is 21.9 Å². The number of imidazole rings is 1. The molecule has 1 N–H and O–H groups in total. The van der Waals surface area contributed by atoms with Gasteiger partial charge in [0.1, 0.15) is 5.82 Å². The summed E-state index contributed by atoms with van der Waals surface area (Å²) >= 11 is 0. The van der Waals surface area contributed by atoms with Crippen molar-refractivity contribution in [1.29, 1.82) is 0 Å². The maximum Gasteiger partial charge on any atom is 0.236 e. The Balaban J connectivity index is 2.02. The van der Waals surface area contributed by atoms with Gasteiger partial charge >= 0.3 is 0 Å². The Bertz CT molecular complexity index is 389. The monoisotopic (exact) mass is 251 g/mol. The lowest BCUT2D eigenvalue weighted by atomic mass is 10.1. The summed E-state index contributed by atoms with van der Waals surface area (Å²) in [7, 11) is 5.90. The number of aromatic nitrogens is 2. The lowest BCUT2D eigenvalue weighted by molar-refractivity contribution is -0.134. The van der Waals surface area contributed by atoms with Gasteiger partial charge in [-0.25, -0.2) is 4.98 Å².